The Bertz CT molecular complexity index is 755. The molecular formula is C18H16ClNO2. The molecule has 1 atom stereocenters. The van der Waals surface area contributed by atoms with Crippen LogP contribution < -0.4 is 5.73 Å². The number of amides is 1. The molecular weight excluding hydrogens is 298 g/mol. The molecule has 2 aromatic rings. The van der Waals surface area contributed by atoms with E-state index < -0.39 is 5.91 Å². The van der Waals surface area contributed by atoms with Crippen LogP contribution in [0.3, 0.4) is 0 Å². The number of hydrogen-bond donors (Lipinski definition) is 1. The fourth-order valence-corrected chi connectivity index (χ4v) is 3.25. The number of rotatable bonds is 3. The van der Waals surface area contributed by atoms with Gasteiger partial charge in [-0.1, -0.05) is 35.9 Å². The van der Waals surface area contributed by atoms with Crippen LogP contribution in [-0.2, 0) is 12.8 Å². The van der Waals surface area contributed by atoms with E-state index in [1.54, 1.807) is 12.1 Å². The minimum atomic E-state index is -0.623. The number of ketones is 1. The minimum absolute atomic E-state index is 0.0278. The van der Waals surface area contributed by atoms with Crippen LogP contribution in [-0.4, -0.2) is 11.7 Å². The lowest BCUT2D eigenvalue weighted by Crippen LogP contribution is -2.25. The van der Waals surface area contributed by atoms with Crippen LogP contribution in [0.5, 0.6) is 0 Å². The fourth-order valence-electron chi connectivity index (χ4n) is 3.08. The summed E-state index contributed by atoms with van der Waals surface area (Å²) >= 11 is 5.90. The number of Topliss-reactive ketones (excluding diaryl/α,β-unsaturated/α-hetero) is 1. The molecule has 0 saturated carbocycles. The second-order valence-electron chi connectivity index (χ2n) is 5.63. The average Bonchev–Trinajstić information content (AvgIpc) is 2.53. The van der Waals surface area contributed by atoms with Gasteiger partial charge >= 0.3 is 0 Å². The van der Waals surface area contributed by atoms with Gasteiger partial charge in [0.2, 0.25) is 5.91 Å². The van der Waals surface area contributed by atoms with E-state index in [1.807, 2.05) is 12.1 Å². The largest absolute Gasteiger partial charge is 0.366 e. The molecule has 0 radical (unpaired) electrons. The van der Waals surface area contributed by atoms with Crippen molar-refractivity contribution in [3.63, 3.8) is 0 Å². The van der Waals surface area contributed by atoms with Crippen LogP contribution in [0.1, 0.15) is 38.3 Å². The molecule has 0 fully saturated rings. The highest BCUT2D eigenvalue weighted by Gasteiger charge is 2.27. The number of aryl methyl sites for hydroxylation is 1. The Hall–Kier alpha value is -2.13. The molecule has 0 aromatic heterocycles. The maximum absolute atomic E-state index is 12.8. The molecule has 3 nitrogen and oxygen atoms in total. The predicted octanol–water partition coefficient (Wildman–Crippen LogP) is 3.43. The van der Waals surface area contributed by atoms with Gasteiger partial charge in [-0.25, -0.2) is 0 Å². The van der Waals surface area contributed by atoms with E-state index in [4.69, 9.17) is 17.3 Å². The lowest BCUT2D eigenvalue weighted by molar-refractivity contribution is 0.0897. The molecule has 0 spiro atoms. The van der Waals surface area contributed by atoms with E-state index in [9.17, 15) is 9.59 Å². The van der Waals surface area contributed by atoms with Gasteiger partial charge in [0, 0.05) is 16.5 Å². The van der Waals surface area contributed by atoms with Crippen molar-refractivity contribution in [1.29, 1.82) is 0 Å². The number of carbonyl (C=O) groups is 2. The van der Waals surface area contributed by atoms with Gasteiger partial charge in [0.1, 0.15) is 0 Å². The number of benzene rings is 2. The van der Waals surface area contributed by atoms with Crippen LogP contribution >= 0.6 is 11.6 Å². The molecule has 112 valence electrons. The topological polar surface area (TPSA) is 60.2 Å². The van der Waals surface area contributed by atoms with Crippen molar-refractivity contribution >= 4 is 23.3 Å². The van der Waals surface area contributed by atoms with Gasteiger partial charge < -0.3 is 5.73 Å². The lowest BCUT2D eigenvalue weighted by atomic mass is 9.79. The first kappa shape index (κ1) is 14.8. The molecule has 1 aliphatic rings. The monoisotopic (exact) mass is 313 g/mol. The highest BCUT2D eigenvalue weighted by Crippen LogP contribution is 2.29. The molecule has 3 rings (SSSR count). The molecule has 0 saturated heterocycles. The zero-order valence-corrected chi connectivity index (χ0v) is 12.8. The molecule has 2 aromatic carbocycles. The Labute approximate surface area is 134 Å². The highest BCUT2D eigenvalue weighted by atomic mass is 35.5. The molecule has 0 heterocycles. The summed E-state index contributed by atoms with van der Waals surface area (Å²) in [6.45, 7) is 0. The van der Waals surface area contributed by atoms with E-state index in [-0.39, 0.29) is 17.3 Å². The van der Waals surface area contributed by atoms with Gasteiger partial charge in [-0.05, 0) is 48.6 Å². The third-order valence-electron chi connectivity index (χ3n) is 4.23. The molecule has 0 bridgehead atoms. The van der Waals surface area contributed by atoms with Crippen LogP contribution in [0, 0.1) is 5.92 Å². The van der Waals surface area contributed by atoms with Crippen molar-refractivity contribution in [2.24, 2.45) is 11.7 Å². The summed E-state index contributed by atoms with van der Waals surface area (Å²) in [5, 5.41) is 0.402. The van der Waals surface area contributed by atoms with E-state index in [0.717, 1.165) is 12.8 Å². The second kappa shape index (κ2) is 5.93. The fraction of sp³-hybridized carbons (Fsp3) is 0.222. The van der Waals surface area contributed by atoms with E-state index >= 15 is 0 Å². The Morgan fingerprint density at radius 3 is 2.50 bits per heavy atom. The van der Waals surface area contributed by atoms with Crippen molar-refractivity contribution < 1.29 is 9.59 Å². The first-order valence-electron chi connectivity index (χ1n) is 7.26. The maximum atomic E-state index is 12.8. The number of hydrogen-bond acceptors (Lipinski definition) is 2. The summed E-state index contributed by atoms with van der Waals surface area (Å²) in [5.41, 5.74) is 8.47. The third-order valence-corrected chi connectivity index (χ3v) is 4.47. The van der Waals surface area contributed by atoms with E-state index in [1.165, 1.54) is 17.2 Å². The van der Waals surface area contributed by atoms with Crippen molar-refractivity contribution in [2.75, 3.05) is 0 Å². The van der Waals surface area contributed by atoms with Crippen LogP contribution in [0.25, 0.3) is 0 Å². The molecule has 1 amide bonds. The van der Waals surface area contributed by atoms with Gasteiger partial charge in [-0.2, -0.15) is 0 Å². The first-order valence-corrected chi connectivity index (χ1v) is 7.64. The van der Waals surface area contributed by atoms with Crippen LogP contribution in [0.2, 0.25) is 5.02 Å². The number of nitrogens with two attached hydrogens (primary N) is 1. The number of fused-ring (bicyclic) bond motifs is 1. The van der Waals surface area contributed by atoms with Crippen LogP contribution in [0.4, 0.5) is 0 Å². The minimum Gasteiger partial charge on any atom is -0.366 e. The average molecular weight is 314 g/mol. The van der Waals surface area contributed by atoms with E-state index in [2.05, 4.69) is 12.1 Å². The lowest BCUT2D eigenvalue weighted by Gasteiger charge is -2.24. The Morgan fingerprint density at radius 1 is 1.05 bits per heavy atom. The van der Waals surface area contributed by atoms with Gasteiger partial charge in [0.25, 0.3) is 0 Å². The normalized spacial score (nSPS) is 16.9. The summed E-state index contributed by atoms with van der Waals surface area (Å²) in [7, 11) is 0. The van der Waals surface area contributed by atoms with Crippen molar-refractivity contribution in [2.45, 2.75) is 19.3 Å². The Kier molecular flexibility index (Phi) is 3.99. The summed E-state index contributed by atoms with van der Waals surface area (Å²) in [6, 6.07) is 12.9. The number of carbonyl (C=O) groups excluding carboxylic acids is 2. The number of halogens is 1. The molecule has 0 aliphatic heterocycles. The van der Waals surface area contributed by atoms with Gasteiger partial charge in [0.05, 0.1) is 5.56 Å². The zero-order valence-electron chi connectivity index (χ0n) is 12.0. The standard InChI is InChI=1S/C18H16ClNO2/c19-14-7-8-15(16(10-14)18(20)22)17(21)13-6-5-11-3-1-2-4-12(11)9-13/h1-4,7-8,10,13H,5-6,9H2,(H2,20,22). The quantitative estimate of drug-likeness (QED) is 0.883. The maximum Gasteiger partial charge on any atom is 0.249 e. The number of primary amides is 1. The van der Waals surface area contributed by atoms with Gasteiger partial charge in [-0.15, -0.1) is 0 Å². The Morgan fingerprint density at radius 2 is 1.77 bits per heavy atom. The van der Waals surface area contributed by atoms with Crippen molar-refractivity contribution in [1.82, 2.24) is 0 Å². The molecule has 1 aliphatic carbocycles. The van der Waals surface area contributed by atoms with Crippen LogP contribution in [0.15, 0.2) is 42.5 Å². The second-order valence-corrected chi connectivity index (χ2v) is 6.06. The van der Waals surface area contributed by atoms with Gasteiger partial charge in [-0.3, -0.25) is 9.59 Å². The van der Waals surface area contributed by atoms with E-state index in [0.29, 0.717) is 17.0 Å². The van der Waals surface area contributed by atoms with Crippen molar-refractivity contribution in [3.8, 4) is 0 Å². The van der Waals surface area contributed by atoms with Gasteiger partial charge in [0.15, 0.2) is 5.78 Å². The highest BCUT2D eigenvalue weighted by molar-refractivity contribution is 6.31. The SMILES string of the molecule is NC(=O)c1cc(Cl)ccc1C(=O)C1CCc2ccccc2C1. The molecule has 1 unspecified atom stereocenters. The molecule has 22 heavy (non-hydrogen) atoms. The summed E-state index contributed by atoms with van der Waals surface area (Å²) in [6.07, 6.45) is 2.37. The summed E-state index contributed by atoms with van der Waals surface area (Å²) < 4.78 is 0. The first-order chi connectivity index (χ1) is 10.6. The predicted molar refractivity (Wildman–Crippen MR) is 86.3 cm³/mol. The summed E-state index contributed by atoms with van der Waals surface area (Å²) in [4.78, 5) is 24.4. The zero-order chi connectivity index (χ0) is 15.7. The summed E-state index contributed by atoms with van der Waals surface area (Å²) in [5.74, 6) is -0.767. The molecule has 2 N–H and O–H groups in total. The Balaban J connectivity index is 1.91. The smallest absolute Gasteiger partial charge is 0.249 e. The molecule has 4 heteroatoms. The van der Waals surface area contributed by atoms with Crippen molar-refractivity contribution in [3.05, 3.63) is 69.7 Å². The third kappa shape index (κ3) is 2.77.